The van der Waals surface area contributed by atoms with Crippen LogP contribution in [0.25, 0.3) is 0 Å². The van der Waals surface area contributed by atoms with Crippen LogP contribution < -0.4 is 0 Å². The minimum Gasteiger partial charge on any atom is -0.772 e. The lowest BCUT2D eigenvalue weighted by Crippen LogP contribution is -2.17. The monoisotopic (exact) mass is 145 g/mol. The third kappa shape index (κ3) is 2.64. The van der Waals surface area contributed by atoms with Crippen LogP contribution in [0.4, 0.5) is 0 Å². The molecule has 0 radical (unpaired) electrons. The maximum absolute atomic E-state index is 10.2. The van der Waals surface area contributed by atoms with Gasteiger partial charge in [0, 0.05) is 11.2 Å². The molecule has 2 nitrogen and oxygen atoms in total. The summed E-state index contributed by atoms with van der Waals surface area (Å²) in [5.74, 6) is 2.16. The van der Waals surface area contributed by atoms with Crippen LogP contribution in [0.3, 0.4) is 0 Å². The summed E-state index contributed by atoms with van der Waals surface area (Å²) in [4.78, 5) is 0. The smallest absolute Gasteiger partial charge is 0.0322 e. The minimum absolute atomic E-state index is 0.191. The third-order valence-electron chi connectivity index (χ3n) is 1.27. The molecule has 0 fully saturated rings. The van der Waals surface area contributed by atoms with E-state index in [9.17, 15) is 8.76 Å². The topological polar surface area (TPSA) is 40.1 Å². The molecule has 0 aromatic rings. The predicted octanol–water partition coefficient (Wildman–Crippen LogP) is 0.523. The van der Waals surface area contributed by atoms with Gasteiger partial charge in [-0.05, 0) is 0 Å². The van der Waals surface area contributed by atoms with Crippen molar-refractivity contribution in [2.24, 2.45) is 5.92 Å². The van der Waals surface area contributed by atoms with E-state index in [1.54, 1.807) is 13.8 Å². The summed E-state index contributed by atoms with van der Waals surface area (Å²) >= 11 is -2.03. The van der Waals surface area contributed by atoms with Gasteiger partial charge in [-0.3, -0.25) is 4.21 Å². The van der Waals surface area contributed by atoms with Crippen molar-refractivity contribution in [1.29, 1.82) is 0 Å². The molecule has 0 aliphatic rings. The molecule has 3 heteroatoms. The van der Waals surface area contributed by atoms with Gasteiger partial charge in [0.1, 0.15) is 0 Å². The standard InChI is InChI=1S/C6H10O2S/c1-4-5(2)6(3)9(7)8/h1,5-6H,2-3H3,(H,7,8)/p-1. The van der Waals surface area contributed by atoms with Crippen LogP contribution in [0.1, 0.15) is 13.8 Å². The fraction of sp³-hybridized carbons (Fsp3) is 0.667. The highest BCUT2D eigenvalue weighted by molar-refractivity contribution is 7.79. The molecule has 0 saturated carbocycles. The lowest BCUT2D eigenvalue weighted by Gasteiger charge is -2.16. The summed E-state index contributed by atoms with van der Waals surface area (Å²) in [6.07, 6.45) is 4.99. The predicted molar refractivity (Wildman–Crippen MR) is 36.4 cm³/mol. The summed E-state index contributed by atoms with van der Waals surface area (Å²) in [7, 11) is 0. The van der Waals surface area contributed by atoms with E-state index in [0.717, 1.165) is 0 Å². The van der Waals surface area contributed by atoms with Crippen molar-refractivity contribution >= 4 is 11.1 Å². The molecule has 0 aliphatic carbocycles. The number of hydrogen-bond acceptors (Lipinski definition) is 2. The van der Waals surface area contributed by atoms with Crippen molar-refractivity contribution in [3.63, 3.8) is 0 Å². The van der Waals surface area contributed by atoms with Gasteiger partial charge in [-0.15, -0.1) is 12.3 Å². The fourth-order valence-electron chi connectivity index (χ4n) is 0.302. The number of hydrogen-bond donors (Lipinski definition) is 0. The van der Waals surface area contributed by atoms with E-state index in [0.29, 0.717) is 0 Å². The fourth-order valence-corrected chi connectivity index (χ4v) is 0.714. The lowest BCUT2D eigenvalue weighted by atomic mass is 10.1. The van der Waals surface area contributed by atoms with Crippen molar-refractivity contribution in [1.82, 2.24) is 0 Å². The molecule has 0 aliphatic heterocycles. The number of terminal acetylenes is 1. The summed E-state index contributed by atoms with van der Waals surface area (Å²) < 4.78 is 20.4. The second-order valence-electron chi connectivity index (χ2n) is 1.92. The van der Waals surface area contributed by atoms with Crippen LogP contribution in [-0.2, 0) is 11.1 Å². The molecule has 9 heavy (non-hydrogen) atoms. The first-order chi connectivity index (χ1) is 4.09. The molecule has 0 spiro atoms. The maximum atomic E-state index is 10.2. The van der Waals surface area contributed by atoms with Crippen molar-refractivity contribution in [3.05, 3.63) is 0 Å². The van der Waals surface area contributed by atoms with Crippen molar-refractivity contribution in [2.75, 3.05) is 0 Å². The van der Waals surface area contributed by atoms with Gasteiger partial charge in [0.2, 0.25) is 0 Å². The Morgan fingerprint density at radius 3 is 2.22 bits per heavy atom. The third-order valence-corrected chi connectivity index (χ3v) is 2.29. The van der Waals surface area contributed by atoms with Crippen LogP contribution in [0.15, 0.2) is 0 Å². The zero-order valence-corrected chi connectivity index (χ0v) is 6.27. The van der Waals surface area contributed by atoms with Crippen molar-refractivity contribution in [2.45, 2.75) is 19.1 Å². The first-order valence-electron chi connectivity index (χ1n) is 2.63. The van der Waals surface area contributed by atoms with E-state index >= 15 is 0 Å². The highest BCUT2D eigenvalue weighted by atomic mass is 32.2. The Morgan fingerprint density at radius 2 is 2.11 bits per heavy atom. The van der Waals surface area contributed by atoms with Gasteiger partial charge in [0.15, 0.2) is 0 Å². The molecule has 0 aromatic heterocycles. The van der Waals surface area contributed by atoms with Crippen LogP contribution in [0.5, 0.6) is 0 Å². The van der Waals surface area contributed by atoms with E-state index in [2.05, 4.69) is 5.92 Å². The van der Waals surface area contributed by atoms with Gasteiger partial charge >= 0.3 is 0 Å². The lowest BCUT2D eigenvalue weighted by molar-refractivity contribution is 0.512. The van der Waals surface area contributed by atoms with Crippen molar-refractivity contribution in [3.8, 4) is 12.3 Å². The normalized spacial score (nSPS) is 19.8. The molecular weight excluding hydrogens is 136 g/mol. The molecule has 3 unspecified atom stereocenters. The maximum Gasteiger partial charge on any atom is 0.0322 e. The summed E-state index contributed by atoms with van der Waals surface area (Å²) in [5, 5.41) is -0.435. The Bertz CT molecular complexity index is 148. The van der Waals surface area contributed by atoms with Gasteiger partial charge in [0.05, 0.1) is 0 Å². The molecule has 3 atom stereocenters. The molecule has 0 rings (SSSR count). The molecule has 0 N–H and O–H groups in total. The van der Waals surface area contributed by atoms with E-state index in [1.807, 2.05) is 0 Å². The zero-order chi connectivity index (χ0) is 7.44. The van der Waals surface area contributed by atoms with Crippen LogP contribution in [0.2, 0.25) is 0 Å². The highest BCUT2D eigenvalue weighted by Crippen LogP contribution is 2.05. The van der Waals surface area contributed by atoms with E-state index in [1.165, 1.54) is 0 Å². The molecule has 0 amide bonds. The summed E-state index contributed by atoms with van der Waals surface area (Å²) in [6.45, 7) is 3.30. The first-order valence-corrected chi connectivity index (χ1v) is 3.77. The molecule has 0 bridgehead atoms. The SMILES string of the molecule is C#CC(C)C(C)S(=O)[O-]. The highest BCUT2D eigenvalue weighted by Gasteiger charge is 2.08. The Labute approximate surface area is 57.9 Å². The average Bonchev–Trinajstić information content (AvgIpc) is 1.84. The largest absolute Gasteiger partial charge is 0.772 e. The Hall–Kier alpha value is -0.330. The van der Waals surface area contributed by atoms with Gasteiger partial charge in [-0.25, -0.2) is 0 Å². The Morgan fingerprint density at radius 1 is 1.67 bits per heavy atom. The van der Waals surface area contributed by atoms with Gasteiger partial charge in [-0.1, -0.05) is 24.9 Å². The van der Waals surface area contributed by atoms with Gasteiger partial charge < -0.3 is 4.55 Å². The van der Waals surface area contributed by atoms with Crippen LogP contribution in [-0.4, -0.2) is 14.0 Å². The molecular formula is C6H9O2S-. The van der Waals surface area contributed by atoms with Crippen molar-refractivity contribution < 1.29 is 8.76 Å². The minimum atomic E-state index is -2.03. The first kappa shape index (κ1) is 8.67. The molecule has 0 heterocycles. The molecule has 0 saturated heterocycles. The van der Waals surface area contributed by atoms with Crippen LogP contribution >= 0.6 is 0 Å². The number of rotatable bonds is 2. The molecule has 52 valence electrons. The average molecular weight is 145 g/mol. The van der Waals surface area contributed by atoms with E-state index in [-0.39, 0.29) is 5.92 Å². The summed E-state index contributed by atoms with van der Waals surface area (Å²) in [6, 6.07) is 0. The van der Waals surface area contributed by atoms with E-state index < -0.39 is 16.3 Å². The Kier molecular flexibility index (Phi) is 3.52. The zero-order valence-electron chi connectivity index (χ0n) is 5.46. The second-order valence-corrected chi connectivity index (χ2v) is 3.19. The quantitative estimate of drug-likeness (QED) is 0.420. The Balaban J connectivity index is 3.91. The van der Waals surface area contributed by atoms with Gasteiger partial charge in [0.25, 0.3) is 0 Å². The van der Waals surface area contributed by atoms with Gasteiger partial charge in [-0.2, -0.15) is 0 Å². The summed E-state index contributed by atoms with van der Waals surface area (Å²) in [5.41, 5.74) is 0. The van der Waals surface area contributed by atoms with E-state index in [4.69, 9.17) is 6.42 Å². The second kappa shape index (κ2) is 3.65. The van der Waals surface area contributed by atoms with Crippen LogP contribution in [0, 0.1) is 18.3 Å². The molecule has 0 aromatic carbocycles.